The predicted octanol–water partition coefficient (Wildman–Crippen LogP) is 2.73. The molecule has 5 N–H and O–H groups in total. The van der Waals surface area contributed by atoms with E-state index in [-0.39, 0.29) is 30.4 Å². The predicted molar refractivity (Wildman–Crippen MR) is 91.4 cm³/mol. The van der Waals surface area contributed by atoms with E-state index in [0.717, 1.165) is 44.2 Å². The fourth-order valence-corrected chi connectivity index (χ4v) is 2.89. The molecule has 0 aliphatic heterocycles. The molecule has 144 valence electrons. The molecule has 0 saturated heterocycles. The van der Waals surface area contributed by atoms with E-state index in [4.69, 9.17) is 5.73 Å². The largest absolute Gasteiger partial charge is 0.416 e. The number of carbonyl (C=O) groups is 2. The maximum Gasteiger partial charge on any atom is 0.416 e. The zero-order valence-electron chi connectivity index (χ0n) is 14.3. The first-order chi connectivity index (χ1) is 12.3. The molecule has 1 aliphatic rings. The summed E-state index contributed by atoms with van der Waals surface area (Å²) in [7, 11) is 0. The van der Waals surface area contributed by atoms with Gasteiger partial charge in [-0.2, -0.15) is 13.2 Å². The molecule has 2 rings (SSSR count). The average molecular weight is 372 g/mol. The maximum atomic E-state index is 12.9. The molecule has 6 nitrogen and oxygen atoms in total. The molecule has 3 amide bonds. The van der Waals surface area contributed by atoms with Gasteiger partial charge in [0, 0.05) is 18.3 Å². The second kappa shape index (κ2) is 8.88. The molecule has 1 saturated carbocycles. The van der Waals surface area contributed by atoms with Crippen LogP contribution >= 0.6 is 0 Å². The Morgan fingerprint density at radius 2 is 1.81 bits per heavy atom. The van der Waals surface area contributed by atoms with Crippen molar-refractivity contribution in [2.24, 2.45) is 5.73 Å². The van der Waals surface area contributed by atoms with Crippen molar-refractivity contribution < 1.29 is 22.8 Å². The third kappa shape index (κ3) is 6.21. The molecule has 0 spiro atoms. The number of amides is 3. The summed E-state index contributed by atoms with van der Waals surface area (Å²) in [6.07, 6.45) is 0.555. The van der Waals surface area contributed by atoms with Gasteiger partial charge in [0.05, 0.1) is 12.1 Å². The maximum absolute atomic E-state index is 12.9. The molecule has 0 radical (unpaired) electrons. The number of benzene rings is 1. The summed E-state index contributed by atoms with van der Waals surface area (Å²) < 4.78 is 38.6. The van der Waals surface area contributed by atoms with Crippen LogP contribution in [0.15, 0.2) is 18.2 Å². The highest BCUT2D eigenvalue weighted by Gasteiger charge is 2.31. The first kappa shape index (κ1) is 20.0. The lowest BCUT2D eigenvalue weighted by Crippen LogP contribution is -2.45. The number of hydrogen-bond acceptors (Lipinski definition) is 3. The van der Waals surface area contributed by atoms with E-state index in [9.17, 15) is 22.8 Å². The second-order valence-corrected chi connectivity index (χ2v) is 6.33. The molecule has 1 aliphatic carbocycles. The molecule has 26 heavy (non-hydrogen) atoms. The van der Waals surface area contributed by atoms with Gasteiger partial charge in [0.1, 0.15) is 0 Å². The highest BCUT2D eigenvalue weighted by molar-refractivity contribution is 5.94. The van der Waals surface area contributed by atoms with Crippen molar-refractivity contribution in [1.82, 2.24) is 10.6 Å². The number of carbonyl (C=O) groups excluding carboxylic acids is 2. The third-order valence-corrected chi connectivity index (χ3v) is 4.19. The molecule has 0 heterocycles. The van der Waals surface area contributed by atoms with E-state index >= 15 is 0 Å². The van der Waals surface area contributed by atoms with E-state index in [1.54, 1.807) is 0 Å². The number of anilines is 1. The van der Waals surface area contributed by atoms with Gasteiger partial charge < -0.3 is 21.7 Å². The minimum atomic E-state index is -4.54. The molecule has 0 aromatic heterocycles. The number of nitrogens with two attached hydrogens (primary N) is 1. The van der Waals surface area contributed by atoms with Crippen LogP contribution < -0.4 is 21.7 Å². The average Bonchev–Trinajstić information content (AvgIpc) is 2.60. The number of urea groups is 1. The molecule has 1 aromatic rings. The summed E-state index contributed by atoms with van der Waals surface area (Å²) >= 11 is 0. The van der Waals surface area contributed by atoms with Crippen molar-refractivity contribution in [2.75, 3.05) is 11.9 Å². The van der Waals surface area contributed by atoms with Crippen molar-refractivity contribution in [1.29, 1.82) is 0 Å². The standard InChI is InChI=1S/C17H23F3N4O2/c18-17(19,20)12-6-11(9-21)7-14(8-12)23-15(25)10-22-16(26)24-13-4-2-1-3-5-13/h6-8,13H,1-5,9-10,21H2,(H,23,25)(H2,22,24,26). The van der Waals surface area contributed by atoms with Crippen LogP contribution in [0, 0.1) is 0 Å². The summed E-state index contributed by atoms with van der Waals surface area (Å²) in [4.78, 5) is 23.7. The number of nitrogens with one attached hydrogen (secondary N) is 3. The fraction of sp³-hybridized carbons (Fsp3) is 0.529. The Morgan fingerprint density at radius 3 is 2.42 bits per heavy atom. The van der Waals surface area contributed by atoms with Gasteiger partial charge in [0.2, 0.25) is 5.91 Å². The minimum absolute atomic E-state index is 0.0141. The van der Waals surface area contributed by atoms with Crippen molar-refractivity contribution in [3.63, 3.8) is 0 Å². The minimum Gasteiger partial charge on any atom is -0.335 e. The highest BCUT2D eigenvalue weighted by Crippen LogP contribution is 2.32. The van der Waals surface area contributed by atoms with Crippen LogP contribution in [-0.2, 0) is 17.5 Å². The summed E-state index contributed by atoms with van der Waals surface area (Å²) in [6.45, 7) is -0.429. The number of hydrogen-bond donors (Lipinski definition) is 4. The molecule has 0 atom stereocenters. The van der Waals surface area contributed by atoms with Crippen molar-refractivity contribution in [3.05, 3.63) is 29.3 Å². The molecule has 1 aromatic carbocycles. The van der Waals surface area contributed by atoms with Crippen LogP contribution in [0.5, 0.6) is 0 Å². The molecule has 1 fully saturated rings. The third-order valence-electron chi connectivity index (χ3n) is 4.19. The van der Waals surface area contributed by atoms with Crippen LogP contribution in [0.3, 0.4) is 0 Å². The van der Waals surface area contributed by atoms with Gasteiger partial charge in [-0.15, -0.1) is 0 Å². The summed E-state index contributed by atoms with van der Waals surface area (Å²) in [6, 6.07) is 2.78. The lowest BCUT2D eigenvalue weighted by atomic mass is 9.96. The topological polar surface area (TPSA) is 96.2 Å². The van der Waals surface area contributed by atoms with E-state index < -0.39 is 23.7 Å². The monoisotopic (exact) mass is 372 g/mol. The van der Waals surface area contributed by atoms with Crippen molar-refractivity contribution in [2.45, 2.75) is 50.9 Å². The molecule has 9 heteroatoms. The normalized spacial score (nSPS) is 15.4. The lowest BCUT2D eigenvalue weighted by Gasteiger charge is -2.22. The number of alkyl halides is 3. The Kier molecular flexibility index (Phi) is 6.84. The Bertz CT molecular complexity index is 643. The van der Waals surface area contributed by atoms with Gasteiger partial charge in [0.25, 0.3) is 0 Å². The number of rotatable bonds is 5. The first-order valence-corrected chi connectivity index (χ1v) is 8.53. The van der Waals surface area contributed by atoms with Crippen molar-refractivity contribution in [3.8, 4) is 0 Å². The van der Waals surface area contributed by atoms with E-state index in [0.29, 0.717) is 0 Å². The van der Waals surface area contributed by atoms with Crippen LogP contribution in [-0.4, -0.2) is 24.5 Å². The molecular formula is C17H23F3N4O2. The first-order valence-electron chi connectivity index (χ1n) is 8.53. The Balaban J connectivity index is 1.87. The summed E-state index contributed by atoms with van der Waals surface area (Å²) in [5, 5.41) is 7.56. The zero-order valence-corrected chi connectivity index (χ0v) is 14.3. The van der Waals surface area contributed by atoms with Crippen molar-refractivity contribution >= 4 is 17.6 Å². The fourth-order valence-electron chi connectivity index (χ4n) is 2.89. The van der Waals surface area contributed by atoms with Crippen LogP contribution in [0.4, 0.5) is 23.7 Å². The SMILES string of the molecule is NCc1cc(NC(=O)CNC(=O)NC2CCCCC2)cc(C(F)(F)F)c1. The quantitative estimate of drug-likeness (QED) is 0.640. The highest BCUT2D eigenvalue weighted by atomic mass is 19.4. The smallest absolute Gasteiger partial charge is 0.335 e. The number of halogens is 3. The van der Waals surface area contributed by atoms with Gasteiger partial charge in [-0.05, 0) is 36.6 Å². The second-order valence-electron chi connectivity index (χ2n) is 6.33. The molecular weight excluding hydrogens is 349 g/mol. The summed E-state index contributed by atoms with van der Waals surface area (Å²) in [5.41, 5.74) is 4.75. The van der Waals surface area contributed by atoms with Crippen LogP contribution in [0.1, 0.15) is 43.2 Å². The molecule has 0 bridgehead atoms. The summed E-state index contributed by atoms with van der Waals surface area (Å²) in [5.74, 6) is -0.619. The van der Waals surface area contributed by atoms with E-state index in [1.165, 1.54) is 6.07 Å². The lowest BCUT2D eigenvalue weighted by molar-refractivity contribution is -0.137. The van der Waals surface area contributed by atoms with Gasteiger partial charge in [-0.25, -0.2) is 4.79 Å². The van der Waals surface area contributed by atoms with Gasteiger partial charge >= 0.3 is 12.2 Å². The van der Waals surface area contributed by atoms with E-state index in [2.05, 4.69) is 16.0 Å². The van der Waals surface area contributed by atoms with Crippen LogP contribution in [0.25, 0.3) is 0 Å². The van der Waals surface area contributed by atoms with Gasteiger partial charge in [0.15, 0.2) is 0 Å². The Labute approximate surface area is 149 Å². The Hall–Kier alpha value is -2.29. The van der Waals surface area contributed by atoms with Gasteiger partial charge in [-0.3, -0.25) is 4.79 Å². The van der Waals surface area contributed by atoms with Crippen LogP contribution in [0.2, 0.25) is 0 Å². The van der Waals surface area contributed by atoms with E-state index in [1.807, 2.05) is 0 Å². The zero-order chi connectivity index (χ0) is 19.2. The molecule has 0 unspecified atom stereocenters. The Morgan fingerprint density at radius 1 is 1.12 bits per heavy atom. The van der Waals surface area contributed by atoms with Gasteiger partial charge in [-0.1, -0.05) is 19.3 Å².